The summed E-state index contributed by atoms with van der Waals surface area (Å²) in [5, 5.41) is 3.36. The molecule has 3 heterocycles. The van der Waals surface area contributed by atoms with Crippen molar-refractivity contribution in [2.75, 3.05) is 5.73 Å². The summed E-state index contributed by atoms with van der Waals surface area (Å²) in [5.74, 6) is 1.26. The number of aryl methyl sites for hydroxylation is 1. The molecule has 3 rings (SSSR count). The monoisotopic (exact) mass is 328 g/mol. The van der Waals surface area contributed by atoms with Gasteiger partial charge in [0.1, 0.15) is 11.6 Å². The molecule has 0 aliphatic rings. The summed E-state index contributed by atoms with van der Waals surface area (Å²) < 4.78 is 3.37. The second kappa shape index (κ2) is 6.83. The molecule has 0 bridgehead atoms. The molecule has 3 aromatic rings. The molecule has 0 atom stereocenters. The molecule has 0 fully saturated rings. The fourth-order valence-corrected chi connectivity index (χ4v) is 2.70. The number of nitrogens with zero attached hydrogens (tertiary/aromatic N) is 3. The standard InChI is InChI=1S/C13H13N4S.2ClH/c1-9-15-6-11(13(14)16-9)7-17-4-2-10-3-5-18-12(10)8-17;;/h2-6,8H,7H2,1H3,(H2,14,15,16);2*1H/q+1;;/p-1. The number of hydrogen-bond acceptors (Lipinski definition) is 4. The number of nitrogens with two attached hydrogens (primary N) is 1. The fourth-order valence-electron chi connectivity index (χ4n) is 1.87. The summed E-state index contributed by atoms with van der Waals surface area (Å²) in [7, 11) is 0. The van der Waals surface area contributed by atoms with Gasteiger partial charge in [-0.05, 0) is 18.4 Å². The van der Waals surface area contributed by atoms with Gasteiger partial charge in [-0.1, -0.05) is 0 Å². The van der Waals surface area contributed by atoms with Crippen LogP contribution in [0, 0.1) is 6.92 Å². The highest BCUT2D eigenvalue weighted by molar-refractivity contribution is 7.17. The van der Waals surface area contributed by atoms with E-state index in [1.165, 1.54) is 10.1 Å². The molecule has 0 radical (unpaired) electrons. The summed E-state index contributed by atoms with van der Waals surface area (Å²) >= 11 is 1.74. The van der Waals surface area contributed by atoms with E-state index in [9.17, 15) is 0 Å². The zero-order valence-corrected chi connectivity index (χ0v) is 13.2. The van der Waals surface area contributed by atoms with E-state index in [2.05, 4.69) is 38.2 Å². The molecule has 0 aromatic carbocycles. The lowest BCUT2D eigenvalue weighted by Gasteiger charge is -2.02. The molecular formula is C13H14Cl2N4S. The average Bonchev–Trinajstić information content (AvgIpc) is 2.80. The molecule has 4 nitrogen and oxygen atoms in total. The minimum atomic E-state index is 0. The highest BCUT2D eigenvalue weighted by atomic mass is 35.5. The fraction of sp³-hybridized carbons (Fsp3) is 0.154. The Morgan fingerprint density at radius 2 is 2.15 bits per heavy atom. The Morgan fingerprint density at radius 3 is 2.90 bits per heavy atom. The van der Waals surface area contributed by atoms with E-state index in [1.807, 2.05) is 13.1 Å². The predicted octanol–water partition coefficient (Wildman–Crippen LogP) is -0.656. The third-order valence-electron chi connectivity index (χ3n) is 2.83. The molecule has 20 heavy (non-hydrogen) atoms. The number of nitrogen functional groups attached to an aromatic ring is 1. The largest absolute Gasteiger partial charge is 1.00 e. The van der Waals surface area contributed by atoms with Crippen molar-refractivity contribution < 1.29 is 17.0 Å². The van der Waals surface area contributed by atoms with Crippen LogP contribution in [0.15, 0.2) is 36.1 Å². The van der Waals surface area contributed by atoms with Crippen molar-refractivity contribution in [1.29, 1.82) is 0 Å². The topological polar surface area (TPSA) is 55.7 Å². The normalized spacial score (nSPS) is 9.85. The van der Waals surface area contributed by atoms with Gasteiger partial charge in [0.2, 0.25) is 0 Å². The third kappa shape index (κ3) is 3.36. The molecular weight excluding hydrogens is 315 g/mol. The van der Waals surface area contributed by atoms with Crippen molar-refractivity contribution in [2.24, 2.45) is 0 Å². The zero-order valence-electron chi connectivity index (χ0n) is 10.8. The van der Waals surface area contributed by atoms with Crippen molar-refractivity contribution in [3.63, 3.8) is 0 Å². The van der Waals surface area contributed by atoms with E-state index < -0.39 is 0 Å². The van der Waals surface area contributed by atoms with Crippen LogP contribution in [0.3, 0.4) is 0 Å². The number of rotatable bonds is 2. The van der Waals surface area contributed by atoms with Gasteiger partial charge in [0.15, 0.2) is 18.9 Å². The van der Waals surface area contributed by atoms with Gasteiger partial charge in [-0.15, -0.1) is 23.7 Å². The minimum Gasteiger partial charge on any atom is -1.00 e. The maximum Gasteiger partial charge on any atom is 0.187 e. The molecule has 106 valence electrons. The molecule has 0 unspecified atom stereocenters. The van der Waals surface area contributed by atoms with Gasteiger partial charge in [0.25, 0.3) is 0 Å². The Balaban J connectivity index is 0.000001000. The maximum atomic E-state index is 5.90. The summed E-state index contributed by atoms with van der Waals surface area (Å²) in [4.78, 5) is 8.36. The van der Waals surface area contributed by atoms with E-state index in [-0.39, 0.29) is 24.8 Å². The van der Waals surface area contributed by atoms with Gasteiger partial charge in [-0.25, -0.2) is 9.97 Å². The van der Waals surface area contributed by atoms with E-state index >= 15 is 0 Å². The number of aromatic nitrogens is 3. The van der Waals surface area contributed by atoms with Crippen molar-refractivity contribution in [2.45, 2.75) is 13.5 Å². The number of halogens is 2. The van der Waals surface area contributed by atoms with E-state index in [1.54, 1.807) is 17.5 Å². The van der Waals surface area contributed by atoms with Gasteiger partial charge in [0, 0.05) is 17.6 Å². The number of fused-ring (bicyclic) bond motifs is 1. The lowest BCUT2D eigenvalue weighted by atomic mass is 10.3. The summed E-state index contributed by atoms with van der Waals surface area (Å²) in [6.07, 6.45) is 5.97. The quantitative estimate of drug-likeness (QED) is 0.636. The number of anilines is 1. The van der Waals surface area contributed by atoms with Crippen molar-refractivity contribution in [1.82, 2.24) is 9.97 Å². The second-order valence-corrected chi connectivity index (χ2v) is 5.13. The van der Waals surface area contributed by atoms with Crippen LogP contribution < -0.4 is 22.7 Å². The minimum absolute atomic E-state index is 0. The number of pyridine rings is 1. The first-order chi connectivity index (χ1) is 8.72. The zero-order chi connectivity index (χ0) is 12.5. The van der Waals surface area contributed by atoms with E-state index in [0.717, 1.165) is 5.56 Å². The average molecular weight is 329 g/mol. The van der Waals surface area contributed by atoms with Gasteiger partial charge >= 0.3 is 0 Å². The first kappa shape index (κ1) is 16.6. The lowest BCUT2D eigenvalue weighted by Crippen LogP contribution is -3.00. The van der Waals surface area contributed by atoms with E-state index in [0.29, 0.717) is 18.2 Å². The van der Waals surface area contributed by atoms with Crippen LogP contribution in [-0.2, 0) is 6.54 Å². The molecule has 0 amide bonds. The van der Waals surface area contributed by atoms with Crippen LogP contribution in [0.5, 0.6) is 0 Å². The molecule has 3 aromatic heterocycles. The number of hydrogen-bond donors (Lipinski definition) is 1. The van der Waals surface area contributed by atoms with Gasteiger partial charge in [0.05, 0.1) is 10.3 Å². The molecule has 0 aliphatic carbocycles. The first-order valence-electron chi connectivity index (χ1n) is 5.67. The second-order valence-electron chi connectivity index (χ2n) is 4.19. The van der Waals surface area contributed by atoms with Crippen LogP contribution in [0.1, 0.15) is 11.4 Å². The molecule has 0 saturated heterocycles. The van der Waals surface area contributed by atoms with Crippen molar-refractivity contribution in [3.05, 3.63) is 47.5 Å². The van der Waals surface area contributed by atoms with Gasteiger partial charge < -0.3 is 18.1 Å². The van der Waals surface area contributed by atoms with Crippen LogP contribution in [0.2, 0.25) is 0 Å². The Kier molecular flexibility index (Phi) is 5.68. The Labute approximate surface area is 133 Å². The van der Waals surface area contributed by atoms with Gasteiger partial charge in [-0.2, -0.15) is 4.57 Å². The summed E-state index contributed by atoms with van der Waals surface area (Å²) in [6, 6.07) is 4.23. The molecule has 0 spiro atoms. The van der Waals surface area contributed by atoms with Gasteiger partial charge in [-0.3, -0.25) is 0 Å². The van der Waals surface area contributed by atoms with Crippen LogP contribution in [0.25, 0.3) is 10.1 Å². The molecule has 0 aliphatic heterocycles. The highest BCUT2D eigenvalue weighted by Gasteiger charge is 2.09. The SMILES string of the molecule is Cc1ncc(C[n+]2ccc3ccsc3c2)c(N)n1.Cl.[Cl-]. The Hall–Kier alpha value is -1.43. The van der Waals surface area contributed by atoms with Crippen molar-refractivity contribution in [3.8, 4) is 0 Å². The summed E-state index contributed by atoms with van der Waals surface area (Å²) in [6.45, 7) is 2.53. The third-order valence-corrected chi connectivity index (χ3v) is 3.69. The van der Waals surface area contributed by atoms with Crippen LogP contribution in [0.4, 0.5) is 5.82 Å². The van der Waals surface area contributed by atoms with Crippen LogP contribution in [-0.4, -0.2) is 9.97 Å². The number of thiophene rings is 1. The Morgan fingerprint density at radius 1 is 1.35 bits per heavy atom. The van der Waals surface area contributed by atoms with E-state index in [4.69, 9.17) is 5.73 Å². The molecule has 0 saturated carbocycles. The smallest absolute Gasteiger partial charge is 0.187 e. The summed E-state index contributed by atoms with van der Waals surface area (Å²) in [5.41, 5.74) is 6.85. The first-order valence-corrected chi connectivity index (χ1v) is 6.54. The predicted molar refractivity (Wildman–Crippen MR) is 79.6 cm³/mol. The van der Waals surface area contributed by atoms with Crippen LogP contribution >= 0.6 is 23.7 Å². The molecule has 2 N–H and O–H groups in total. The van der Waals surface area contributed by atoms with Crippen molar-refractivity contribution >= 4 is 39.6 Å². The molecule has 7 heteroatoms. The maximum absolute atomic E-state index is 5.90. The Bertz CT molecular complexity index is 714. The lowest BCUT2D eigenvalue weighted by molar-refractivity contribution is -0.686. The highest BCUT2D eigenvalue weighted by Crippen LogP contribution is 2.18.